The summed E-state index contributed by atoms with van der Waals surface area (Å²) >= 11 is 0. The van der Waals surface area contributed by atoms with Crippen molar-refractivity contribution in [1.29, 1.82) is 0 Å². The Morgan fingerprint density at radius 3 is 2.62 bits per heavy atom. The van der Waals surface area contributed by atoms with E-state index in [-0.39, 0.29) is 5.91 Å². The molecule has 1 amide bonds. The molecule has 0 saturated carbocycles. The summed E-state index contributed by atoms with van der Waals surface area (Å²) in [6, 6.07) is -0.589. The first-order valence-corrected chi connectivity index (χ1v) is 5.91. The van der Waals surface area contributed by atoms with Crippen molar-refractivity contribution in [3.63, 3.8) is 0 Å². The van der Waals surface area contributed by atoms with Gasteiger partial charge >= 0.3 is 5.97 Å². The van der Waals surface area contributed by atoms with E-state index in [0.717, 1.165) is 25.9 Å². The maximum Gasteiger partial charge on any atom is 0.326 e. The Labute approximate surface area is 94.8 Å². The van der Waals surface area contributed by atoms with Gasteiger partial charge in [0.2, 0.25) is 5.91 Å². The van der Waals surface area contributed by atoms with Crippen molar-refractivity contribution in [2.75, 3.05) is 19.6 Å². The van der Waals surface area contributed by atoms with Crippen LogP contribution in [0.15, 0.2) is 0 Å². The summed E-state index contributed by atoms with van der Waals surface area (Å²) in [5.74, 6) is -0.442. The Morgan fingerprint density at radius 1 is 1.31 bits per heavy atom. The highest BCUT2D eigenvalue weighted by Gasteiger charge is 2.33. The number of carbonyl (C=O) groups excluding carboxylic acids is 1. The van der Waals surface area contributed by atoms with Crippen molar-refractivity contribution in [1.82, 2.24) is 10.2 Å². The number of carboxylic acid groups (broad SMARTS) is 1. The molecule has 5 heteroatoms. The second kappa shape index (κ2) is 4.82. The average Bonchev–Trinajstić information content (AvgIpc) is 2.23. The number of carboxylic acids is 1. The van der Waals surface area contributed by atoms with Crippen LogP contribution >= 0.6 is 0 Å². The lowest BCUT2D eigenvalue weighted by molar-refractivity contribution is -0.152. The lowest BCUT2D eigenvalue weighted by atomic mass is 9.96. The third-order valence-corrected chi connectivity index (χ3v) is 3.44. The van der Waals surface area contributed by atoms with E-state index in [1.807, 2.05) is 0 Å². The quantitative estimate of drug-likeness (QED) is 0.714. The number of nitrogens with zero attached hydrogens (tertiary/aromatic N) is 1. The summed E-state index contributed by atoms with van der Waals surface area (Å²) in [4.78, 5) is 24.5. The highest BCUT2D eigenvalue weighted by atomic mass is 16.4. The molecule has 0 aliphatic carbocycles. The molecule has 0 bridgehead atoms. The highest BCUT2D eigenvalue weighted by Crippen LogP contribution is 2.20. The van der Waals surface area contributed by atoms with E-state index in [2.05, 4.69) is 5.32 Å². The van der Waals surface area contributed by atoms with Gasteiger partial charge in [0.15, 0.2) is 0 Å². The fourth-order valence-corrected chi connectivity index (χ4v) is 2.34. The summed E-state index contributed by atoms with van der Waals surface area (Å²) in [7, 11) is 0. The first kappa shape index (κ1) is 11.4. The van der Waals surface area contributed by atoms with E-state index in [1.54, 1.807) is 4.90 Å². The average molecular weight is 226 g/mol. The number of carbonyl (C=O) groups is 2. The number of hydrogen-bond acceptors (Lipinski definition) is 3. The molecule has 2 saturated heterocycles. The predicted octanol–water partition coefficient (Wildman–Crippen LogP) is 0.0616. The second-order valence-electron chi connectivity index (χ2n) is 4.67. The fraction of sp³-hybridized carbons (Fsp3) is 0.818. The monoisotopic (exact) mass is 226 g/mol. The van der Waals surface area contributed by atoms with Crippen molar-refractivity contribution in [2.24, 2.45) is 5.92 Å². The Hall–Kier alpha value is -1.10. The Balaban J connectivity index is 1.93. The molecule has 0 radical (unpaired) electrons. The fourth-order valence-electron chi connectivity index (χ4n) is 2.34. The van der Waals surface area contributed by atoms with E-state index in [4.69, 9.17) is 5.11 Å². The standard InChI is InChI=1S/C11H18N2O3/c14-10(5-8-6-12-7-8)13-4-2-1-3-9(13)11(15)16/h8-9,12H,1-7H2,(H,15,16)/t9-/m1/s1. The van der Waals surface area contributed by atoms with E-state index in [1.165, 1.54) is 0 Å². The number of rotatable bonds is 3. The van der Waals surface area contributed by atoms with Gasteiger partial charge in [0, 0.05) is 13.0 Å². The van der Waals surface area contributed by atoms with Gasteiger partial charge in [0.1, 0.15) is 6.04 Å². The molecule has 2 aliphatic rings. The predicted molar refractivity (Wildman–Crippen MR) is 58.0 cm³/mol. The van der Waals surface area contributed by atoms with Crippen LogP contribution in [0.2, 0.25) is 0 Å². The molecule has 2 aliphatic heterocycles. The van der Waals surface area contributed by atoms with Gasteiger partial charge < -0.3 is 15.3 Å². The third kappa shape index (κ3) is 2.35. The molecule has 0 spiro atoms. The maximum absolute atomic E-state index is 12.0. The highest BCUT2D eigenvalue weighted by molar-refractivity contribution is 5.84. The van der Waals surface area contributed by atoms with Crippen LogP contribution in [-0.2, 0) is 9.59 Å². The number of piperidine rings is 1. The topological polar surface area (TPSA) is 69.6 Å². The van der Waals surface area contributed by atoms with Gasteiger partial charge in [-0.2, -0.15) is 0 Å². The van der Waals surface area contributed by atoms with Crippen LogP contribution in [-0.4, -0.2) is 47.6 Å². The van der Waals surface area contributed by atoms with Crippen molar-refractivity contribution in [3.8, 4) is 0 Å². The molecule has 0 aromatic rings. The molecule has 16 heavy (non-hydrogen) atoms. The molecule has 0 aromatic heterocycles. The zero-order valence-electron chi connectivity index (χ0n) is 9.32. The van der Waals surface area contributed by atoms with Gasteiger partial charge in [-0.15, -0.1) is 0 Å². The first-order valence-electron chi connectivity index (χ1n) is 5.91. The molecular weight excluding hydrogens is 208 g/mol. The van der Waals surface area contributed by atoms with Crippen LogP contribution in [0.5, 0.6) is 0 Å². The van der Waals surface area contributed by atoms with E-state index in [9.17, 15) is 9.59 Å². The van der Waals surface area contributed by atoms with E-state index >= 15 is 0 Å². The number of amides is 1. The van der Waals surface area contributed by atoms with Gasteiger partial charge in [0.05, 0.1) is 0 Å². The number of nitrogens with one attached hydrogen (secondary N) is 1. The molecular formula is C11H18N2O3. The molecule has 2 fully saturated rings. The summed E-state index contributed by atoms with van der Waals surface area (Å²) in [5, 5.41) is 12.2. The van der Waals surface area contributed by atoms with Gasteiger partial charge in [-0.1, -0.05) is 0 Å². The minimum Gasteiger partial charge on any atom is -0.480 e. The van der Waals surface area contributed by atoms with Crippen LogP contribution in [0.25, 0.3) is 0 Å². The molecule has 2 heterocycles. The zero-order chi connectivity index (χ0) is 11.5. The molecule has 0 unspecified atom stereocenters. The van der Waals surface area contributed by atoms with Gasteiger partial charge in [0.25, 0.3) is 0 Å². The van der Waals surface area contributed by atoms with Gasteiger partial charge in [-0.25, -0.2) is 4.79 Å². The summed E-state index contributed by atoms with van der Waals surface area (Å²) in [5.41, 5.74) is 0. The minimum atomic E-state index is -0.861. The SMILES string of the molecule is O=C(O)[C@H]1CCCCN1C(=O)CC1CNC1. The summed E-state index contributed by atoms with van der Waals surface area (Å²) in [6.07, 6.45) is 2.94. The largest absolute Gasteiger partial charge is 0.480 e. The molecule has 2 rings (SSSR count). The van der Waals surface area contributed by atoms with E-state index in [0.29, 0.717) is 25.3 Å². The van der Waals surface area contributed by atoms with Gasteiger partial charge in [-0.3, -0.25) is 4.79 Å². The number of hydrogen-bond donors (Lipinski definition) is 2. The smallest absolute Gasteiger partial charge is 0.326 e. The molecule has 0 aromatic carbocycles. The van der Waals surface area contributed by atoms with Crippen LogP contribution in [0.3, 0.4) is 0 Å². The molecule has 2 N–H and O–H groups in total. The normalized spacial score (nSPS) is 26.2. The third-order valence-electron chi connectivity index (χ3n) is 3.44. The van der Waals surface area contributed by atoms with E-state index < -0.39 is 12.0 Å². The minimum absolute atomic E-state index is 0.0126. The Bertz CT molecular complexity index is 289. The number of aliphatic carboxylic acids is 1. The van der Waals surface area contributed by atoms with Crippen molar-refractivity contribution >= 4 is 11.9 Å². The van der Waals surface area contributed by atoms with Crippen LogP contribution in [0.1, 0.15) is 25.7 Å². The van der Waals surface area contributed by atoms with Crippen LogP contribution < -0.4 is 5.32 Å². The van der Waals surface area contributed by atoms with Crippen LogP contribution in [0, 0.1) is 5.92 Å². The van der Waals surface area contributed by atoms with Crippen LogP contribution in [0.4, 0.5) is 0 Å². The lowest BCUT2D eigenvalue weighted by Gasteiger charge is -2.35. The van der Waals surface area contributed by atoms with Crippen molar-refractivity contribution in [2.45, 2.75) is 31.7 Å². The summed E-state index contributed by atoms with van der Waals surface area (Å²) in [6.45, 7) is 2.38. The summed E-state index contributed by atoms with van der Waals surface area (Å²) < 4.78 is 0. The Morgan fingerprint density at radius 2 is 2.06 bits per heavy atom. The van der Waals surface area contributed by atoms with Crippen molar-refractivity contribution in [3.05, 3.63) is 0 Å². The number of likely N-dealkylation sites (tertiary alicyclic amines) is 1. The van der Waals surface area contributed by atoms with Crippen molar-refractivity contribution < 1.29 is 14.7 Å². The maximum atomic E-state index is 12.0. The lowest BCUT2D eigenvalue weighted by Crippen LogP contribution is -2.51. The Kier molecular flexibility index (Phi) is 3.43. The molecule has 5 nitrogen and oxygen atoms in total. The molecule has 90 valence electrons. The second-order valence-corrected chi connectivity index (χ2v) is 4.67. The first-order chi connectivity index (χ1) is 7.68. The molecule has 1 atom stereocenters. The zero-order valence-corrected chi connectivity index (χ0v) is 9.32. The van der Waals surface area contributed by atoms with Gasteiger partial charge in [-0.05, 0) is 38.3 Å².